The number of benzene rings is 3. The van der Waals surface area contributed by atoms with Crippen LogP contribution in [0.3, 0.4) is 0 Å². The van der Waals surface area contributed by atoms with Crippen molar-refractivity contribution in [2.24, 2.45) is 0 Å². The van der Waals surface area contributed by atoms with Crippen LogP contribution >= 0.6 is 11.6 Å². The lowest BCUT2D eigenvalue weighted by atomic mass is 9.98. The molecular formula is C30H28ClF2N. The van der Waals surface area contributed by atoms with Crippen LogP contribution in [0.25, 0.3) is 10.8 Å². The normalized spacial score (nSPS) is 11.5. The van der Waals surface area contributed by atoms with Crippen molar-refractivity contribution in [3.8, 4) is 0 Å². The SMILES string of the molecule is C/C=C/CCc1ccc(CCc2ccc3c(F)c(CCc4ccc(Cl)c(F)c4)ccc3c2)nc1. The number of hydrogen-bond donors (Lipinski definition) is 0. The van der Waals surface area contributed by atoms with E-state index in [0.29, 0.717) is 23.8 Å². The standard InChI is InChI=1S/C30H28ClF2N/c1-2-3-4-5-23-8-15-26(34-20-23)14-7-21-9-16-27-25(18-21)13-12-24(30(27)33)11-6-22-10-17-28(31)29(32)19-22/h2-3,8-10,12-13,15-20H,4-7,11,14H2,1H3/b3-2+. The largest absolute Gasteiger partial charge is 0.261 e. The minimum absolute atomic E-state index is 0.101. The molecule has 0 amide bonds. The molecule has 0 radical (unpaired) electrons. The van der Waals surface area contributed by atoms with E-state index in [0.717, 1.165) is 47.9 Å². The predicted octanol–water partition coefficient (Wildman–Crippen LogP) is 8.25. The first-order valence-electron chi connectivity index (χ1n) is 11.7. The second-order valence-electron chi connectivity index (χ2n) is 8.61. The number of pyridine rings is 1. The van der Waals surface area contributed by atoms with Crippen molar-refractivity contribution in [1.82, 2.24) is 4.98 Å². The lowest BCUT2D eigenvalue weighted by Gasteiger charge is -2.09. The molecule has 4 heteroatoms. The van der Waals surface area contributed by atoms with Crippen molar-refractivity contribution < 1.29 is 8.78 Å². The Bertz CT molecular complexity index is 1300. The lowest BCUT2D eigenvalue weighted by molar-refractivity contribution is 0.617. The molecule has 1 nitrogen and oxygen atoms in total. The highest BCUT2D eigenvalue weighted by molar-refractivity contribution is 6.30. The summed E-state index contributed by atoms with van der Waals surface area (Å²) in [5.74, 6) is -0.644. The Hall–Kier alpha value is -3.04. The summed E-state index contributed by atoms with van der Waals surface area (Å²) in [5, 5.41) is 1.61. The Labute approximate surface area is 205 Å². The average Bonchev–Trinajstić information content (AvgIpc) is 2.85. The first-order chi connectivity index (χ1) is 16.5. The highest BCUT2D eigenvalue weighted by atomic mass is 35.5. The van der Waals surface area contributed by atoms with E-state index in [2.05, 4.69) is 35.3 Å². The van der Waals surface area contributed by atoms with Crippen LogP contribution in [0.2, 0.25) is 5.02 Å². The molecule has 3 aromatic carbocycles. The number of nitrogens with zero attached hydrogens (tertiary/aromatic N) is 1. The zero-order valence-electron chi connectivity index (χ0n) is 19.3. The maximum Gasteiger partial charge on any atom is 0.142 e. The number of allylic oxidation sites excluding steroid dienone is 2. The van der Waals surface area contributed by atoms with Gasteiger partial charge in [0, 0.05) is 17.3 Å². The van der Waals surface area contributed by atoms with Gasteiger partial charge in [-0.1, -0.05) is 66.2 Å². The van der Waals surface area contributed by atoms with Gasteiger partial charge in [-0.25, -0.2) is 8.78 Å². The van der Waals surface area contributed by atoms with E-state index in [9.17, 15) is 4.39 Å². The summed E-state index contributed by atoms with van der Waals surface area (Å²) in [6.07, 6.45) is 11.0. The Morgan fingerprint density at radius 3 is 2.32 bits per heavy atom. The summed E-state index contributed by atoms with van der Waals surface area (Å²) < 4.78 is 28.8. The molecule has 34 heavy (non-hydrogen) atoms. The monoisotopic (exact) mass is 475 g/mol. The molecule has 0 aliphatic carbocycles. The first kappa shape index (κ1) is 24.1. The van der Waals surface area contributed by atoms with Gasteiger partial charge in [0.1, 0.15) is 11.6 Å². The van der Waals surface area contributed by atoms with E-state index in [-0.39, 0.29) is 10.8 Å². The number of aryl methyl sites for hydroxylation is 5. The highest BCUT2D eigenvalue weighted by Crippen LogP contribution is 2.25. The summed E-state index contributed by atoms with van der Waals surface area (Å²) in [4.78, 5) is 4.60. The first-order valence-corrected chi connectivity index (χ1v) is 12.1. The molecular weight excluding hydrogens is 448 g/mol. The molecule has 0 bridgehead atoms. The molecule has 0 fully saturated rings. The van der Waals surface area contributed by atoms with E-state index in [1.165, 1.54) is 11.6 Å². The quantitative estimate of drug-likeness (QED) is 0.222. The summed E-state index contributed by atoms with van der Waals surface area (Å²) >= 11 is 5.75. The topological polar surface area (TPSA) is 12.9 Å². The summed E-state index contributed by atoms with van der Waals surface area (Å²) in [7, 11) is 0. The average molecular weight is 476 g/mol. The summed E-state index contributed by atoms with van der Waals surface area (Å²) in [6, 6.07) is 18.7. The zero-order chi connectivity index (χ0) is 23.9. The Balaban J connectivity index is 1.39. The molecule has 4 rings (SSSR count). The number of fused-ring (bicyclic) bond motifs is 1. The Morgan fingerprint density at radius 1 is 0.794 bits per heavy atom. The van der Waals surface area contributed by atoms with Gasteiger partial charge in [0.15, 0.2) is 0 Å². The van der Waals surface area contributed by atoms with Gasteiger partial charge in [-0.15, -0.1) is 0 Å². The van der Waals surface area contributed by atoms with Crippen molar-refractivity contribution in [3.05, 3.63) is 124 Å². The predicted molar refractivity (Wildman–Crippen MR) is 138 cm³/mol. The van der Waals surface area contributed by atoms with Gasteiger partial charge >= 0.3 is 0 Å². The maximum atomic E-state index is 15.1. The van der Waals surface area contributed by atoms with Crippen LogP contribution in [0.5, 0.6) is 0 Å². The maximum absolute atomic E-state index is 15.1. The highest BCUT2D eigenvalue weighted by Gasteiger charge is 2.10. The fourth-order valence-corrected chi connectivity index (χ4v) is 4.27. The third-order valence-electron chi connectivity index (χ3n) is 6.16. The number of rotatable bonds is 9. The third kappa shape index (κ3) is 6.09. The van der Waals surface area contributed by atoms with Crippen molar-refractivity contribution in [2.75, 3.05) is 0 Å². The fourth-order valence-electron chi connectivity index (χ4n) is 4.15. The van der Waals surface area contributed by atoms with Crippen molar-refractivity contribution in [2.45, 2.75) is 45.4 Å². The third-order valence-corrected chi connectivity index (χ3v) is 6.46. The number of aromatic nitrogens is 1. The minimum Gasteiger partial charge on any atom is -0.261 e. The summed E-state index contributed by atoms with van der Waals surface area (Å²) in [5.41, 5.74) is 4.91. The van der Waals surface area contributed by atoms with Crippen LogP contribution in [0.1, 0.15) is 41.3 Å². The smallest absolute Gasteiger partial charge is 0.142 e. The van der Waals surface area contributed by atoms with E-state index >= 15 is 4.39 Å². The molecule has 0 saturated heterocycles. The van der Waals surface area contributed by atoms with Gasteiger partial charge in [0.05, 0.1) is 5.02 Å². The van der Waals surface area contributed by atoms with Crippen LogP contribution in [-0.4, -0.2) is 4.98 Å². The molecule has 1 aromatic heterocycles. The second-order valence-corrected chi connectivity index (χ2v) is 9.02. The van der Waals surface area contributed by atoms with Gasteiger partial charge in [-0.05, 0) is 91.3 Å². The molecule has 174 valence electrons. The van der Waals surface area contributed by atoms with E-state index in [1.807, 2.05) is 37.4 Å². The van der Waals surface area contributed by atoms with Gasteiger partial charge in [0.25, 0.3) is 0 Å². The van der Waals surface area contributed by atoms with Crippen molar-refractivity contribution >= 4 is 22.4 Å². The van der Waals surface area contributed by atoms with Gasteiger partial charge in [-0.3, -0.25) is 4.98 Å². The minimum atomic E-state index is -0.443. The second kappa shape index (κ2) is 11.4. The molecule has 0 aliphatic heterocycles. The van der Waals surface area contributed by atoms with Crippen LogP contribution in [0.4, 0.5) is 8.78 Å². The molecule has 0 unspecified atom stereocenters. The molecule has 0 N–H and O–H groups in total. The van der Waals surface area contributed by atoms with Gasteiger partial charge < -0.3 is 0 Å². The number of halogens is 3. The molecule has 0 aliphatic rings. The lowest BCUT2D eigenvalue weighted by Crippen LogP contribution is -1.98. The van der Waals surface area contributed by atoms with E-state index < -0.39 is 5.82 Å². The van der Waals surface area contributed by atoms with Crippen LogP contribution < -0.4 is 0 Å². The van der Waals surface area contributed by atoms with Crippen molar-refractivity contribution in [3.63, 3.8) is 0 Å². The van der Waals surface area contributed by atoms with Gasteiger partial charge in [-0.2, -0.15) is 0 Å². The van der Waals surface area contributed by atoms with Crippen LogP contribution in [0, 0.1) is 11.6 Å². The number of hydrogen-bond acceptors (Lipinski definition) is 1. The van der Waals surface area contributed by atoms with E-state index in [1.54, 1.807) is 12.1 Å². The van der Waals surface area contributed by atoms with Gasteiger partial charge in [0.2, 0.25) is 0 Å². The van der Waals surface area contributed by atoms with Crippen molar-refractivity contribution in [1.29, 1.82) is 0 Å². The molecule has 0 spiro atoms. The molecule has 1 heterocycles. The van der Waals surface area contributed by atoms with Crippen LogP contribution in [0.15, 0.2) is 79.0 Å². The zero-order valence-corrected chi connectivity index (χ0v) is 20.1. The molecule has 0 saturated carbocycles. The molecule has 4 aromatic rings. The fraction of sp³-hybridized carbons (Fsp3) is 0.233. The summed E-state index contributed by atoms with van der Waals surface area (Å²) in [6.45, 7) is 2.04. The Morgan fingerprint density at radius 2 is 1.56 bits per heavy atom. The Kier molecular flexibility index (Phi) is 8.08. The van der Waals surface area contributed by atoms with E-state index in [4.69, 9.17) is 11.6 Å². The molecule has 0 atom stereocenters. The van der Waals surface area contributed by atoms with Crippen LogP contribution in [-0.2, 0) is 32.1 Å².